The summed E-state index contributed by atoms with van der Waals surface area (Å²) in [6.07, 6.45) is 42.3. The molecule has 0 aromatic rings. The van der Waals surface area contributed by atoms with E-state index in [2.05, 4.69) is 26.0 Å². The summed E-state index contributed by atoms with van der Waals surface area (Å²) in [7, 11) is -4.15. The number of halogens is 4. The third-order valence-corrected chi connectivity index (χ3v) is 14.1. The Labute approximate surface area is 348 Å². The van der Waals surface area contributed by atoms with Crippen molar-refractivity contribution in [3.8, 4) is 0 Å². The summed E-state index contributed by atoms with van der Waals surface area (Å²) in [4.78, 5) is 2.84. The number of alkyl halides is 4. The van der Waals surface area contributed by atoms with Crippen molar-refractivity contribution < 1.29 is 38.9 Å². The van der Waals surface area contributed by atoms with Crippen molar-refractivity contribution >= 4 is 20.0 Å². The fourth-order valence-corrected chi connectivity index (χ4v) is 10.1. The summed E-state index contributed by atoms with van der Waals surface area (Å²) in [6, 6.07) is 0. The molecule has 15 heteroatoms. The van der Waals surface area contributed by atoms with Crippen LogP contribution in [0.3, 0.4) is 0 Å². The first-order valence-electron chi connectivity index (χ1n) is 22.8. The number of nitrogens with two attached hydrogens (primary N) is 2. The highest BCUT2D eigenvalue weighted by Crippen LogP contribution is 2.47. The van der Waals surface area contributed by atoms with Gasteiger partial charge in [-0.15, -0.1) is 0 Å². The summed E-state index contributed by atoms with van der Waals surface area (Å²) in [6.45, 7) is 7.09. The van der Waals surface area contributed by atoms with Crippen LogP contribution in [0.5, 0.6) is 0 Å². The van der Waals surface area contributed by atoms with Gasteiger partial charge in [0.25, 0.3) is 0 Å². The molecule has 0 atom stereocenters. The molecule has 1 aliphatic rings. The average Bonchev–Trinajstić information content (AvgIpc) is 3.11. The first-order valence-corrected chi connectivity index (χ1v) is 25.9. The normalized spacial score (nSPS) is 17.1. The van der Waals surface area contributed by atoms with Crippen LogP contribution in [0.1, 0.15) is 193 Å². The van der Waals surface area contributed by atoms with E-state index in [9.17, 15) is 34.4 Å². The quantitative estimate of drug-likeness (QED) is 0.0360. The van der Waals surface area contributed by atoms with Gasteiger partial charge in [0, 0.05) is 0 Å². The SMILES string of the molecule is C[N+](C)(C)CCCCCCCCCCCCN(CCCCCCCCCCCCN)CCCCCCCCCCCCN.O=S1(=O)CC(F)(F)C(F)(F)S(=O)(=O)[N-]1. The molecule has 0 aromatic carbocycles. The highest BCUT2D eigenvalue weighted by atomic mass is 32.3. The van der Waals surface area contributed by atoms with E-state index in [1.807, 2.05) is 0 Å². The average molecular weight is 866 g/mol. The zero-order chi connectivity index (χ0) is 42.9. The van der Waals surface area contributed by atoms with Crippen molar-refractivity contribution in [3.63, 3.8) is 0 Å². The maximum Gasteiger partial charge on any atom is 0.392 e. The molecule has 1 saturated heterocycles. The van der Waals surface area contributed by atoms with Gasteiger partial charge in [-0.05, 0) is 77.7 Å². The minimum Gasteiger partial charge on any atom is -0.431 e. The standard InChI is InChI=1S/C39H85N4.C3H2F4NO4S2/c1-43(2,3)39-33-27-21-15-9-8-14-20-26-32-38-42(36-30-24-18-12-6-4-10-16-22-28-34-40)37-31-25-19-13-7-5-11-17-23-29-35-41;4-2(5)1-13(9,10)8-14(11,12)3(2,6)7/h4-41H2,1-3H3;1H2/q+1;-1. The molecular formula is C42H87F4N5O4S2. The Morgan fingerprint density at radius 2 is 0.737 bits per heavy atom. The maximum atomic E-state index is 12.4. The number of hydrogen-bond donors (Lipinski definition) is 2. The van der Waals surface area contributed by atoms with Crippen LogP contribution in [0.25, 0.3) is 4.13 Å². The predicted octanol–water partition coefficient (Wildman–Crippen LogP) is 10.9. The predicted molar refractivity (Wildman–Crippen MR) is 232 cm³/mol. The van der Waals surface area contributed by atoms with E-state index in [1.54, 1.807) is 4.13 Å². The number of nitrogens with zero attached hydrogens (tertiary/aromatic N) is 3. The van der Waals surface area contributed by atoms with Crippen LogP contribution in [0, 0.1) is 0 Å². The van der Waals surface area contributed by atoms with Gasteiger partial charge in [0.2, 0.25) is 0 Å². The molecule has 344 valence electrons. The first kappa shape index (κ1) is 56.4. The smallest absolute Gasteiger partial charge is 0.392 e. The third kappa shape index (κ3) is 31.0. The molecule has 0 spiro atoms. The fourth-order valence-electron chi connectivity index (χ4n) is 7.18. The molecule has 0 amide bonds. The molecule has 1 aliphatic heterocycles. The summed E-state index contributed by atoms with van der Waals surface area (Å²) in [5, 5.41) is -5.48. The minimum absolute atomic E-state index is 0.866. The molecule has 0 radical (unpaired) electrons. The van der Waals surface area contributed by atoms with Crippen molar-refractivity contribution in [2.75, 3.05) is 66.2 Å². The van der Waals surface area contributed by atoms with Gasteiger partial charge in [-0.2, -0.15) is 17.6 Å². The van der Waals surface area contributed by atoms with Crippen LogP contribution in [0.2, 0.25) is 0 Å². The van der Waals surface area contributed by atoms with Gasteiger partial charge in [-0.1, -0.05) is 148 Å². The second-order valence-corrected chi connectivity index (χ2v) is 21.0. The van der Waals surface area contributed by atoms with Crippen molar-refractivity contribution in [3.05, 3.63) is 4.13 Å². The lowest BCUT2D eigenvalue weighted by atomic mass is 10.0. The lowest BCUT2D eigenvalue weighted by Crippen LogP contribution is -2.54. The van der Waals surface area contributed by atoms with Crippen molar-refractivity contribution in [2.45, 2.75) is 204 Å². The number of unbranched alkanes of at least 4 members (excludes halogenated alkanes) is 27. The molecule has 1 rings (SSSR count). The number of hydrogen-bond acceptors (Lipinski definition) is 7. The van der Waals surface area contributed by atoms with Crippen LogP contribution in [-0.2, 0) is 20.0 Å². The maximum absolute atomic E-state index is 12.4. The van der Waals surface area contributed by atoms with Gasteiger partial charge >= 0.3 is 11.2 Å². The Balaban J connectivity index is 0.00000186. The Hall–Kier alpha value is -0.580. The minimum atomic E-state index is -6.02. The van der Waals surface area contributed by atoms with E-state index in [0.29, 0.717) is 0 Å². The number of rotatable bonds is 37. The topological polar surface area (TPSA) is 138 Å². The monoisotopic (exact) mass is 866 g/mol. The van der Waals surface area contributed by atoms with E-state index in [4.69, 9.17) is 11.5 Å². The van der Waals surface area contributed by atoms with Crippen LogP contribution in [0.15, 0.2) is 0 Å². The number of sulfonamides is 2. The Bertz CT molecular complexity index is 1130. The molecule has 0 aromatic heterocycles. The molecule has 1 heterocycles. The summed E-state index contributed by atoms with van der Waals surface area (Å²) >= 11 is 0. The zero-order valence-corrected chi connectivity index (χ0v) is 38.3. The highest BCUT2D eigenvalue weighted by Gasteiger charge is 2.66. The third-order valence-electron chi connectivity index (χ3n) is 10.7. The molecule has 4 N–H and O–H groups in total. The van der Waals surface area contributed by atoms with E-state index in [0.717, 1.165) is 17.6 Å². The van der Waals surface area contributed by atoms with E-state index in [1.165, 1.54) is 219 Å². The largest absolute Gasteiger partial charge is 0.431 e. The molecule has 0 saturated carbocycles. The summed E-state index contributed by atoms with van der Waals surface area (Å²) < 4.78 is 94.0. The van der Waals surface area contributed by atoms with Gasteiger partial charge in [0.1, 0.15) is 5.75 Å². The molecular weight excluding hydrogens is 779 g/mol. The number of quaternary nitrogens is 1. The Morgan fingerprint density at radius 1 is 0.474 bits per heavy atom. The summed E-state index contributed by atoms with van der Waals surface area (Å²) in [5.74, 6) is -7.47. The van der Waals surface area contributed by atoms with E-state index in [-0.39, 0.29) is 0 Å². The molecule has 0 unspecified atom stereocenters. The van der Waals surface area contributed by atoms with Gasteiger partial charge in [0.15, 0.2) is 10.0 Å². The van der Waals surface area contributed by atoms with Gasteiger partial charge in [-0.3, -0.25) is 0 Å². The van der Waals surface area contributed by atoms with Crippen molar-refractivity contribution in [1.82, 2.24) is 4.90 Å². The fraction of sp³-hybridized carbons (Fsp3) is 1.00. The molecule has 0 aliphatic carbocycles. The van der Waals surface area contributed by atoms with Crippen molar-refractivity contribution in [2.24, 2.45) is 11.5 Å². The lowest BCUT2D eigenvalue weighted by molar-refractivity contribution is -0.870. The van der Waals surface area contributed by atoms with E-state index < -0.39 is 37.0 Å². The van der Waals surface area contributed by atoms with Crippen LogP contribution in [-0.4, -0.2) is 104 Å². The molecule has 57 heavy (non-hydrogen) atoms. The van der Waals surface area contributed by atoms with E-state index >= 15 is 0 Å². The van der Waals surface area contributed by atoms with Gasteiger partial charge in [0.05, 0.1) is 37.7 Å². The second-order valence-electron chi connectivity index (χ2n) is 17.5. The van der Waals surface area contributed by atoms with Crippen LogP contribution < -0.4 is 11.5 Å². The van der Waals surface area contributed by atoms with Crippen LogP contribution in [0.4, 0.5) is 17.6 Å². The van der Waals surface area contributed by atoms with Gasteiger partial charge < -0.3 is 25.0 Å². The molecule has 1 fully saturated rings. The first-order chi connectivity index (χ1) is 26.9. The summed E-state index contributed by atoms with van der Waals surface area (Å²) in [5.41, 5.74) is 11.2. The van der Waals surface area contributed by atoms with Gasteiger partial charge in [-0.25, -0.2) is 16.8 Å². The molecule has 0 bridgehead atoms. The second kappa shape index (κ2) is 33.1. The molecule has 9 nitrogen and oxygen atoms in total. The van der Waals surface area contributed by atoms with Crippen molar-refractivity contribution in [1.29, 1.82) is 0 Å². The zero-order valence-electron chi connectivity index (χ0n) is 36.6. The highest BCUT2D eigenvalue weighted by molar-refractivity contribution is 8.13. The Kier molecular flexibility index (Phi) is 32.8. The lowest BCUT2D eigenvalue weighted by Gasteiger charge is -2.37. The Morgan fingerprint density at radius 3 is 1.00 bits per heavy atom. The van der Waals surface area contributed by atoms with Crippen LogP contribution >= 0.6 is 0 Å².